The van der Waals surface area contributed by atoms with Crippen LogP contribution in [0.3, 0.4) is 0 Å². The van der Waals surface area contributed by atoms with Crippen molar-refractivity contribution in [3.05, 3.63) is 12.7 Å². The van der Waals surface area contributed by atoms with Crippen molar-refractivity contribution in [2.75, 3.05) is 0 Å². The lowest BCUT2D eigenvalue weighted by atomic mass is 10.0. The molecule has 0 spiro atoms. The van der Waals surface area contributed by atoms with Crippen LogP contribution in [0, 0.1) is 0 Å². The first kappa shape index (κ1) is 24.7. The Labute approximate surface area is 160 Å². The Morgan fingerprint density at radius 2 is 1.19 bits per heavy atom. The SMILES string of the molecule is C=CC(=O)OC(CCCCCCCCCCCCCCCCC)C(=O)O. The lowest BCUT2D eigenvalue weighted by Crippen LogP contribution is -2.26. The lowest BCUT2D eigenvalue weighted by molar-refractivity contribution is -0.161. The van der Waals surface area contributed by atoms with Crippen molar-refractivity contribution in [1.82, 2.24) is 0 Å². The van der Waals surface area contributed by atoms with E-state index in [9.17, 15) is 9.59 Å². The summed E-state index contributed by atoms with van der Waals surface area (Å²) in [5.74, 6) is -1.75. The van der Waals surface area contributed by atoms with Gasteiger partial charge in [-0.05, 0) is 12.8 Å². The molecule has 0 aromatic carbocycles. The quantitative estimate of drug-likeness (QED) is 0.162. The molecule has 0 bridgehead atoms. The van der Waals surface area contributed by atoms with Gasteiger partial charge in [-0.25, -0.2) is 9.59 Å². The standard InChI is InChI=1S/C22H40O4/c1-3-5-6-7-8-9-10-11-12-13-14-15-16-17-18-19-20(22(24)25)26-21(23)4-2/h4,20H,2-3,5-19H2,1H3,(H,24,25). The van der Waals surface area contributed by atoms with Gasteiger partial charge in [0.25, 0.3) is 0 Å². The summed E-state index contributed by atoms with van der Waals surface area (Å²) in [5.41, 5.74) is 0. The van der Waals surface area contributed by atoms with Gasteiger partial charge >= 0.3 is 11.9 Å². The average Bonchev–Trinajstić information content (AvgIpc) is 2.63. The van der Waals surface area contributed by atoms with Crippen molar-refractivity contribution in [3.8, 4) is 0 Å². The molecule has 0 saturated heterocycles. The van der Waals surface area contributed by atoms with Gasteiger partial charge in [0.1, 0.15) is 0 Å². The predicted molar refractivity (Wildman–Crippen MR) is 107 cm³/mol. The van der Waals surface area contributed by atoms with E-state index >= 15 is 0 Å². The molecule has 1 atom stereocenters. The zero-order valence-electron chi connectivity index (χ0n) is 16.8. The number of carbonyl (C=O) groups excluding carboxylic acids is 1. The molecule has 0 radical (unpaired) electrons. The second-order valence-electron chi connectivity index (χ2n) is 7.21. The fraction of sp³-hybridized carbons (Fsp3) is 0.818. The molecule has 0 saturated carbocycles. The lowest BCUT2D eigenvalue weighted by Gasteiger charge is -2.12. The van der Waals surface area contributed by atoms with E-state index in [1.54, 1.807) is 0 Å². The highest BCUT2D eigenvalue weighted by Gasteiger charge is 2.20. The minimum atomic E-state index is -1.08. The number of hydrogen-bond donors (Lipinski definition) is 1. The second kappa shape index (κ2) is 18.5. The van der Waals surface area contributed by atoms with Crippen LogP contribution in [-0.4, -0.2) is 23.1 Å². The van der Waals surface area contributed by atoms with E-state index in [1.807, 2.05) is 0 Å². The van der Waals surface area contributed by atoms with E-state index in [0.29, 0.717) is 6.42 Å². The number of carbonyl (C=O) groups is 2. The topological polar surface area (TPSA) is 63.6 Å². The van der Waals surface area contributed by atoms with E-state index in [1.165, 1.54) is 77.0 Å². The predicted octanol–water partition coefficient (Wildman–Crippen LogP) is 6.43. The summed E-state index contributed by atoms with van der Waals surface area (Å²) in [6, 6.07) is 0. The maximum absolute atomic E-state index is 11.1. The van der Waals surface area contributed by atoms with Gasteiger partial charge in [-0.1, -0.05) is 103 Å². The second-order valence-corrected chi connectivity index (χ2v) is 7.21. The van der Waals surface area contributed by atoms with Crippen LogP contribution in [0.4, 0.5) is 0 Å². The minimum absolute atomic E-state index is 0.382. The number of rotatable bonds is 19. The van der Waals surface area contributed by atoms with Gasteiger partial charge in [0.15, 0.2) is 6.10 Å². The molecule has 26 heavy (non-hydrogen) atoms. The summed E-state index contributed by atoms with van der Waals surface area (Å²) in [5, 5.41) is 9.02. The number of aliphatic carboxylic acids is 1. The highest BCUT2D eigenvalue weighted by Crippen LogP contribution is 2.14. The van der Waals surface area contributed by atoms with Crippen LogP contribution >= 0.6 is 0 Å². The smallest absolute Gasteiger partial charge is 0.345 e. The molecule has 0 fully saturated rings. The summed E-state index contributed by atoms with van der Waals surface area (Å²) >= 11 is 0. The monoisotopic (exact) mass is 368 g/mol. The number of ether oxygens (including phenoxy) is 1. The maximum atomic E-state index is 11.1. The Morgan fingerprint density at radius 1 is 0.808 bits per heavy atom. The summed E-state index contributed by atoms with van der Waals surface area (Å²) in [6.45, 7) is 5.54. The minimum Gasteiger partial charge on any atom is -0.479 e. The van der Waals surface area contributed by atoms with E-state index in [4.69, 9.17) is 9.84 Å². The molecule has 1 unspecified atom stereocenters. The summed E-state index contributed by atoms with van der Waals surface area (Å²) in [6.07, 6.45) is 19.4. The van der Waals surface area contributed by atoms with Gasteiger partial charge < -0.3 is 9.84 Å². The zero-order valence-corrected chi connectivity index (χ0v) is 16.8. The molecule has 0 heterocycles. The number of carboxylic acid groups (broad SMARTS) is 1. The van der Waals surface area contributed by atoms with Crippen molar-refractivity contribution in [2.45, 2.75) is 116 Å². The Morgan fingerprint density at radius 3 is 1.54 bits per heavy atom. The number of carboxylic acids is 1. The van der Waals surface area contributed by atoms with E-state index in [0.717, 1.165) is 25.3 Å². The third-order valence-corrected chi connectivity index (χ3v) is 4.77. The molecule has 0 rings (SSSR count). The van der Waals surface area contributed by atoms with Crippen LogP contribution in [0.15, 0.2) is 12.7 Å². The average molecular weight is 369 g/mol. The van der Waals surface area contributed by atoms with Crippen molar-refractivity contribution >= 4 is 11.9 Å². The normalized spacial score (nSPS) is 11.9. The first-order valence-corrected chi connectivity index (χ1v) is 10.7. The maximum Gasteiger partial charge on any atom is 0.345 e. The highest BCUT2D eigenvalue weighted by molar-refractivity contribution is 5.84. The van der Waals surface area contributed by atoms with Crippen LogP contribution < -0.4 is 0 Å². The molecule has 0 aromatic heterocycles. The first-order valence-electron chi connectivity index (χ1n) is 10.7. The van der Waals surface area contributed by atoms with Gasteiger partial charge in [0.05, 0.1) is 0 Å². The molecule has 0 aliphatic heterocycles. The molecular formula is C22H40O4. The number of esters is 1. The highest BCUT2D eigenvalue weighted by atomic mass is 16.6. The van der Waals surface area contributed by atoms with Crippen molar-refractivity contribution < 1.29 is 19.4 Å². The Balaban J connectivity index is 3.36. The molecule has 152 valence electrons. The van der Waals surface area contributed by atoms with Crippen LogP contribution in [-0.2, 0) is 14.3 Å². The first-order chi connectivity index (χ1) is 12.6. The summed E-state index contributed by atoms with van der Waals surface area (Å²) in [7, 11) is 0. The molecule has 0 aliphatic carbocycles. The zero-order chi connectivity index (χ0) is 19.5. The molecule has 0 aliphatic rings. The van der Waals surface area contributed by atoms with Crippen LogP contribution in [0.2, 0.25) is 0 Å². The number of unbranched alkanes of at least 4 members (excludes halogenated alkanes) is 14. The van der Waals surface area contributed by atoms with Gasteiger partial charge in [-0.2, -0.15) is 0 Å². The molecule has 4 heteroatoms. The molecule has 4 nitrogen and oxygen atoms in total. The van der Waals surface area contributed by atoms with E-state index in [-0.39, 0.29) is 0 Å². The third-order valence-electron chi connectivity index (χ3n) is 4.77. The van der Waals surface area contributed by atoms with Crippen LogP contribution in [0.1, 0.15) is 110 Å². The van der Waals surface area contributed by atoms with Gasteiger partial charge in [-0.3, -0.25) is 0 Å². The van der Waals surface area contributed by atoms with Crippen LogP contribution in [0.5, 0.6) is 0 Å². The Bertz CT molecular complexity index is 365. The van der Waals surface area contributed by atoms with Gasteiger partial charge in [-0.15, -0.1) is 0 Å². The molecule has 1 N–H and O–H groups in total. The summed E-state index contributed by atoms with van der Waals surface area (Å²) in [4.78, 5) is 22.1. The van der Waals surface area contributed by atoms with Crippen molar-refractivity contribution in [3.63, 3.8) is 0 Å². The summed E-state index contributed by atoms with van der Waals surface area (Å²) < 4.78 is 4.82. The third kappa shape index (κ3) is 16.2. The van der Waals surface area contributed by atoms with E-state index in [2.05, 4.69) is 13.5 Å². The Kier molecular flexibility index (Phi) is 17.5. The fourth-order valence-corrected chi connectivity index (χ4v) is 3.12. The van der Waals surface area contributed by atoms with Crippen molar-refractivity contribution in [2.24, 2.45) is 0 Å². The van der Waals surface area contributed by atoms with Crippen LogP contribution in [0.25, 0.3) is 0 Å². The number of hydrogen-bond acceptors (Lipinski definition) is 3. The Hall–Kier alpha value is -1.32. The van der Waals surface area contributed by atoms with Gasteiger partial charge in [0, 0.05) is 6.08 Å². The molecule has 0 amide bonds. The molecule has 0 aromatic rings. The van der Waals surface area contributed by atoms with Gasteiger partial charge in [0.2, 0.25) is 0 Å². The largest absolute Gasteiger partial charge is 0.479 e. The van der Waals surface area contributed by atoms with E-state index < -0.39 is 18.0 Å². The molecular weight excluding hydrogens is 328 g/mol. The van der Waals surface area contributed by atoms with Crippen molar-refractivity contribution in [1.29, 1.82) is 0 Å². The fourth-order valence-electron chi connectivity index (χ4n) is 3.12.